The van der Waals surface area contributed by atoms with Crippen LogP contribution >= 0.6 is 11.3 Å². The van der Waals surface area contributed by atoms with Crippen LogP contribution in [0.4, 0.5) is 11.1 Å². The van der Waals surface area contributed by atoms with E-state index in [2.05, 4.69) is 20.3 Å². The smallest absolute Gasteiger partial charge is 0.335 e. The second-order valence-corrected chi connectivity index (χ2v) is 7.36. The molecule has 0 saturated carbocycles. The summed E-state index contributed by atoms with van der Waals surface area (Å²) in [4.78, 5) is 25.7. The minimum atomic E-state index is -1.59. The van der Waals surface area contributed by atoms with Crippen molar-refractivity contribution in [1.29, 1.82) is 0 Å². The fourth-order valence-corrected chi connectivity index (χ4v) is 3.29. The molecule has 3 atom stereocenters. The van der Waals surface area contributed by atoms with Crippen molar-refractivity contribution >= 4 is 28.4 Å². The zero-order chi connectivity index (χ0) is 22.2. The van der Waals surface area contributed by atoms with Crippen LogP contribution in [0.5, 0.6) is 10.8 Å². The van der Waals surface area contributed by atoms with Crippen molar-refractivity contribution < 1.29 is 39.4 Å². The third-order valence-corrected chi connectivity index (χ3v) is 4.97. The zero-order valence-electron chi connectivity index (χ0n) is 16.3. The summed E-state index contributed by atoms with van der Waals surface area (Å²) in [5, 5.41) is 40.5. The number of morpholine rings is 1. The van der Waals surface area contributed by atoms with E-state index in [0.717, 1.165) is 11.3 Å². The molecule has 1 saturated heterocycles. The van der Waals surface area contributed by atoms with Crippen molar-refractivity contribution in [3.05, 3.63) is 18.6 Å². The van der Waals surface area contributed by atoms with E-state index in [9.17, 15) is 15.0 Å². The van der Waals surface area contributed by atoms with Crippen molar-refractivity contribution in [2.24, 2.45) is 0 Å². The summed E-state index contributed by atoms with van der Waals surface area (Å²) in [6.45, 7) is 1.17. The minimum absolute atomic E-state index is 0.237. The van der Waals surface area contributed by atoms with Crippen LogP contribution in [0.25, 0.3) is 0 Å². The number of carbonyl (C=O) groups is 1. The number of hydrogen-bond donors (Lipinski definition) is 5. The highest BCUT2D eigenvalue weighted by molar-refractivity contribution is 7.17. The van der Waals surface area contributed by atoms with Crippen LogP contribution in [0.15, 0.2) is 18.6 Å². The van der Waals surface area contributed by atoms with Gasteiger partial charge in [-0.1, -0.05) is 11.3 Å². The van der Waals surface area contributed by atoms with Gasteiger partial charge in [-0.3, -0.25) is 0 Å². The molecular formula is C17H23N5O8S. The SMILES string of the molecule is O=C(O)C(CO)OC(Nc1ncc(Oc2cnc(N3CCOCC3)nc2)s1)C(O)CO. The summed E-state index contributed by atoms with van der Waals surface area (Å²) in [5.74, 6) is -0.443. The number of nitrogens with one attached hydrogen (secondary N) is 1. The normalized spacial score (nSPS) is 17.1. The molecule has 0 radical (unpaired) electrons. The lowest BCUT2D eigenvalue weighted by Crippen LogP contribution is -2.44. The molecule has 13 nitrogen and oxygen atoms in total. The molecule has 1 aliphatic heterocycles. The Morgan fingerprint density at radius 2 is 1.90 bits per heavy atom. The highest BCUT2D eigenvalue weighted by atomic mass is 32.1. The van der Waals surface area contributed by atoms with Gasteiger partial charge in [-0.2, -0.15) is 0 Å². The molecular weight excluding hydrogens is 434 g/mol. The Hall–Kier alpha value is -2.62. The lowest BCUT2D eigenvalue weighted by molar-refractivity contribution is -0.162. The zero-order valence-corrected chi connectivity index (χ0v) is 17.1. The fraction of sp³-hybridized carbons (Fsp3) is 0.529. The third kappa shape index (κ3) is 6.43. The summed E-state index contributed by atoms with van der Waals surface area (Å²) in [6, 6.07) is 0. The number of ether oxygens (including phenoxy) is 3. The van der Waals surface area contributed by atoms with Gasteiger partial charge in [0.05, 0.1) is 45.0 Å². The molecule has 0 aliphatic carbocycles. The predicted octanol–water partition coefficient (Wildman–Crippen LogP) is -0.885. The van der Waals surface area contributed by atoms with E-state index in [4.69, 9.17) is 24.4 Å². The first-order valence-electron chi connectivity index (χ1n) is 9.33. The van der Waals surface area contributed by atoms with Crippen LogP contribution in [-0.2, 0) is 14.3 Å². The van der Waals surface area contributed by atoms with E-state index in [1.165, 1.54) is 18.6 Å². The Morgan fingerprint density at radius 3 is 2.52 bits per heavy atom. The van der Waals surface area contributed by atoms with Crippen molar-refractivity contribution in [3.8, 4) is 10.8 Å². The largest absolute Gasteiger partial charge is 0.479 e. The molecule has 31 heavy (non-hydrogen) atoms. The average Bonchev–Trinajstić information content (AvgIpc) is 3.23. The lowest BCUT2D eigenvalue weighted by Gasteiger charge is -2.26. The molecule has 1 aliphatic rings. The number of thiazole rings is 1. The molecule has 14 heteroatoms. The first kappa shape index (κ1) is 23.1. The number of anilines is 2. The number of rotatable bonds is 11. The predicted molar refractivity (Wildman–Crippen MR) is 107 cm³/mol. The van der Waals surface area contributed by atoms with E-state index >= 15 is 0 Å². The van der Waals surface area contributed by atoms with Crippen LogP contribution in [0.1, 0.15) is 0 Å². The average molecular weight is 457 g/mol. The molecule has 3 unspecified atom stereocenters. The maximum Gasteiger partial charge on any atom is 0.335 e. The summed E-state index contributed by atoms with van der Waals surface area (Å²) in [6.07, 6.45) is 0.106. The number of aliphatic carboxylic acids is 1. The van der Waals surface area contributed by atoms with Gasteiger partial charge in [0, 0.05) is 13.1 Å². The van der Waals surface area contributed by atoms with Gasteiger partial charge < -0.3 is 44.9 Å². The minimum Gasteiger partial charge on any atom is -0.479 e. The van der Waals surface area contributed by atoms with Gasteiger partial charge in [-0.05, 0) is 0 Å². The first-order chi connectivity index (χ1) is 15.0. The van der Waals surface area contributed by atoms with Crippen molar-refractivity contribution in [2.45, 2.75) is 18.4 Å². The van der Waals surface area contributed by atoms with Gasteiger partial charge >= 0.3 is 5.97 Å². The number of hydrogen-bond acceptors (Lipinski definition) is 13. The molecule has 3 rings (SSSR count). The fourth-order valence-electron chi connectivity index (χ4n) is 2.57. The quantitative estimate of drug-likeness (QED) is 0.263. The molecule has 2 aromatic rings. The Morgan fingerprint density at radius 1 is 1.19 bits per heavy atom. The molecule has 0 spiro atoms. The monoisotopic (exact) mass is 457 g/mol. The van der Waals surface area contributed by atoms with Crippen LogP contribution < -0.4 is 15.0 Å². The highest BCUT2D eigenvalue weighted by Crippen LogP contribution is 2.30. The maximum absolute atomic E-state index is 11.1. The number of nitrogens with zero attached hydrogens (tertiary/aromatic N) is 4. The van der Waals surface area contributed by atoms with Gasteiger partial charge in [-0.15, -0.1) is 0 Å². The molecule has 170 valence electrons. The van der Waals surface area contributed by atoms with Crippen LogP contribution in [0, 0.1) is 0 Å². The van der Waals surface area contributed by atoms with Crippen LogP contribution in [0.2, 0.25) is 0 Å². The molecule has 0 bridgehead atoms. The third-order valence-electron chi connectivity index (χ3n) is 4.17. The number of aromatic nitrogens is 3. The Kier molecular flexibility index (Phi) is 8.27. The van der Waals surface area contributed by atoms with Crippen molar-refractivity contribution in [2.75, 3.05) is 49.7 Å². The van der Waals surface area contributed by atoms with Gasteiger partial charge in [0.25, 0.3) is 0 Å². The van der Waals surface area contributed by atoms with Gasteiger partial charge in [0.1, 0.15) is 6.10 Å². The lowest BCUT2D eigenvalue weighted by atomic mass is 10.3. The summed E-state index contributed by atoms with van der Waals surface area (Å²) >= 11 is 1.05. The molecule has 0 amide bonds. The van der Waals surface area contributed by atoms with E-state index in [1.807, 2.05) is 4.90 Å². The standard InChI is InChI=1S/C17H23N5O8S/c23-8-11(25)14(30-12(9-24)15(26)27)21-17-20-7-13(31-17)29-10-5-18-16(19-6-10)22-1-3-28-4-2-22/h5-7,11-12,14,23-25H,1-4,8-9H2,(H,20,21)(H,26,27). The molecule has 3 heterocycles. The van der Waals surface area contributed by atoms with E-state index < -0.39 is 37.6 Å². The molecule has 0 aromatic carbocycles. The Labute approximate surface area is 180 Å². The highest BCUT2D eigenvalue weighted by Gasteiger charge is 2.28. The molecule has 5 N–H and O–H groups in total. The van der Waals surface area contributed by atoms with Crippen molar-refractivity contribution in [1.82, 2.24) is 15.0 Å². The topological polar surface area (TPSA) is 180 Å². The Bertz CT molecular complexity index is 832. The number of aliphatic hydroxyl groups excluding tert-OH is 3. The number of aliphatic hydroxyl groups is 3. The van der Waals surface area contributed by atoms with E-state index in [1.54, 1.807) is 0 Å². The van der Waals surface area contributed by atoms with Crippen molar-refractivity contribution in [3.63, 3.8) is 0 Å². The summed E-state index contributed by atoms with van der Waals surface area (Å²) in [5.41, 5.74) is 0. The van der Waals surface area contributed by atoms with Gasteiger partial charge in [-0.25, -0.2) is 19.7 Å². The second-order valence-electron chi connectivity index (χ2n) is 6.37. The van der Waals surface area contributed by atoms with Crippen LogP contribution in [0.3, 0.4) is 0 Å². The number of carboxylic acid groups (broad SMARTS) is 1. The molecule has 1 fully saturated rings. The maximum atomic E-state index is 11.1. The van der Waals surface area contributed by atoms with E-state index in [0.29, 0.717) is 43.1 Å². The van der Waals surface area contributed by atoms with Gasteiger partial charge in [0.15, 0.2) is 23.2 Å². The summed E-state index contributed by atoms with van der Waals surface area (Å²) in [7, 11) is 0. The first-order valence-corrected chi connectivity index (χ1v) is 10.1. The second kappa shape index (κ2) is 11.1. The number of carboxylic acids is 1. The summed E-state index contributed by atoms with van der Waals surface area (Å²) < 4.78 is 16.1. The molecule has 2 aromatic heterocycles. The van der Waals surface area contributed by atoms with E-state index in [-0.39, 0.29) is 5.13 Å². The van der Waals surface area contributed by atoms with Crippen LogP contribution in [-0.4, -0.2) is 99.3 Å². The van der Waals surface area contributed by atoms with Gasteiger partial charge in [0.2, 0.25) is 11.0 Å². The Balaban J connectivity index is 1.61.